The van der Waals surface area contributed by atoms with Gasteiger partial charge in [-0.25, -0.2) is 17.5 Å². The number of aryl methyl sites for hydroxylation is 1. The molecular formula is C19H18FN3O4S. The van der Waals surface area contributed by atoms with Crippen molar-refractivity contribution in [2.24, 2.45) is 0 Å². The zero-order valence-corrected chi connectivity index (χ0v) is 15.9. The van der Waals surface area contributed by atoms with E-state index in [1.54, 1.807) is 35.9 Å². The van der Waals surface area contributed by atoms with Gasteiger partial charge in [-0.2, -0.15) is 5.10 Å². The van der Waals surface area contributed by atoms with E-state index in [1.165, 1.54) is 18.2 Å². The molecule has 1 aromatic carbocycles. The number of aromatic nitrogens is 2. The van der Waals surface area contributed by atoms with E-state index >= 15 is 0 Å². The Labute approximate surface area is 161 Å². The van der Waals surface area contributed by atoms with Gasteiger partial charge in [0.2, 0.25) is 0 Å². The van der Waals surface area contributed by atoms with Crippen molar-refractivity contribution in [1.29, 1.82) is 0 Å². The van der Waals surface area contributed by atoms with Gasteiger partial charge in [0.05, 0.1) is 23.2 Å². The fraction of sp³-hybridized carbons (Fsp3) is 0.263. The molecule has 3 aromatic rings. The smallest absolute Gasteiger partial charge is 0.292 e. The van der Waals surface area contributed by atoms with Crippen molar-refractivity contribution in [3.63, 3.8) is 0 Å². The molecule has 7 nitrogen and oxygen atoms in total. The molecule has 146 valence electrons. The summed E-state index contributed by atoms with van der Waals surface area (Å²) in [4.78, 5) is 12.6. The average Bonchev–Trinajstić information content (AvgIpc) is 3.34. The molecule has 1 unspecified atom stereocenters. The van der Waals surface area contributed by atoms with E-state index in [1.807, 2.05) is 0 Å². The molecule has 4 rings (SSSR count). The Morgan fingerprint density at radius 3 is 2.68 bits per heavy atom. The Morgan fingerprint density at radius 1 is 1.25 bits per heavy atom. The Kier molecular flexibility index (Phi) is 4.54. The topological polar surface area (TPSA) is 94.2 Å². The Bertz CT molecular complexity index is 1130. The minimum Gasteiger partial charge on any atom is -0.451 e. The van der Waals surface area contributed by atoms with Gasteiger partial charge in [-0.15, -0.1) is 0 Å². The lowest BCUT2D eigenvalue weighted by molar-refractivity contribution is 0.0996. The number of carbonyl (C=O) groups is 1. The van der Waals surface area contributed by atoms with Gasteiger partial charge in [-0.05, 0) is 49.7 Å². The number of nitrogens with one attached hydrogen (secondary N) is 1. The second-order valence-electron chi connectivity index (χ2n) is 6.80. The summed E-state index contributed by atoms with van der Waals surface area (Å²) >= 11 is 0. The summed E-state index contributed by atoms with van der Waals surface area (Å²) in [5.74, 6) is 0.237. The summed E-state index contributed by atoms with van der Waals surface area (Å²) in [7, 11) is -3.08. The molecule has 1 atom stereocenters. The van der Waals surface area contributed by atoms with Crippen LogP contribution in [0.2, 0.25) is 0 Å². The lowest BCUT2D eigenvalue weighted by atomic mass is 10.2. The number of anilines is 1. The lowest BCUT2D eigenvalue weighted by Gasteiger charge is -2.13. The van der Waals surface area contributed by atoms with Crippen molar-refractivity contribution in [3.8, 4) is 11.3 Å². The highest BCUT2D eigenvalue weighted by molar-refractivity contribution is 7.91. The van der Waals surface area contributed by atoms with Crippen LogP contribution in [0.15, 0.2) is 46.9 Å². The van der Waals surface area contributed by atoms with E-state index < -0.39 is 15.7 Å². The molecule has 1 fully saturated rings. The molecule has 9 heteroatoms. The van der Waals surface area contributed by atoms with Gasteiger partial charge in [0.25, 0.3) is 5.91 Å². The maximum Gasteiger partial charge on any atom is 0.292 e. The van der Waals surface area contributed by atoms with Crippen molar-refractivity contribution in [2.45, 2.75) is 19.4 Å². The molecule has 1 aliphatic heterocycles. The molecule has 0 bridgehead atoms. The first-order valence-corrected chi connectivity index (χ1v) is 10.6. The van der Waals surface area contributed by atoms with Gasteiger partial charge in [-0.1, -0.05) is 0 Å². The van der Waals surface area contributed by atoms with Gasteiger partial charge in [0.15, 0.2) is 15.6 Å². The molecule has 0 saturated carbocycles. The Balaban J connectivity index is 1.54. The van der Waals surface area contributed by atoms with Crippen LogP contribution in [0.5, 0.6) is 0 Å². The van der Waals surface area contributed by atoms with Gasteiger partial charge < -0.3 is 9.73 Å². The maximum absolute atomic E-state index is 13.1. The van der Waals surface area contributed by atoms with Crippen LogP contribution in [0.25, 0.3) is 11.3 Å². The Hall–Kier alpha value is -2.94. The monoisotopic (exact) mass is 403 g/mol. The number of sulfone groups is 1. The summed E-state index contributed by atoms with van der Waals surface area (Å²) in [6.07, 6.45) is 0.460. The van der Waals surface area contributed by atoms with Crippen molar-refractivity contribution >= 4 is 21.6 Å². The lowest BCUT2D eigenvalue weighted by Crippen LogP contribution is -2.19. The summed E-state index contributed by atoms with van der Waals surface area (Å²) in [5, 5.41) is 7.08. The number of rotatable bonds is 4. The first kappa shape index (κ1) is 18.4. The highest BCUT2D eigenvalue weighted by atomic mass is 32.2. The number of amides is 1. The molecule has 0 spiro atoms. The van der Waals surface area contributed by atoms with Gasteiger partial charge in [0, 0.05) is 11.6 Å². The summed E-state index contributed by atoms with van der Waals surface area (Å²) < 4.78 is 43.7. The molecule has 1 saturated heterocycles. The van der Waals surface area contributed by atoms with Crippen molar-refractivity contribution < 1.29 is 22.0 Å². The van der Waals surface area contributed by atoms with E-state index in [0.717, 1.165) is 0 Å². The van der Waals surface area contributed by atoms with Crippen LogP contribution in [-0.2, 0) is 9.84 Å². The molecular weight excluding hydrogens is 385 g/mol. The zero-order chi connectivity index (χ0) is 19.9. The fourth-order valence-corrected chi connectivity index (χ4v) is 4.96. The number of nitrogens with zero attached hydrogens (tertiary/aromatic N) is 2. The molecule has 28 heavy (non-hydrogen) atoms. The average molecular weight is 403 g/mol. The molecule has 0 radical (unpaired) electrons. The first-order valence-electron chi connectivity index (χ1n) is 8.74. The van der Waals surface area contributed by atoms with E-state index in [4.69, 9.17) is 4.42 Å². The van der Waals surface area contributed by atoms with E-state index in [-0.39, 0.29) is 29.1 Å². The van der Waals surface area contributed by atoms with Crippen LogP contribution in [-0.4, -0.2) is 35.6 Å². The predicted molar refractivity (Wildman–Crippen MR) is 101 cm³/mol. The van der Waals surface area contributed by atoms with Crippen LogP contribution in [0, 0.1) is 12.7 Å². The van der Waals surface area contributed by atoms with E-state index in [9.17, 15) is 17.6 Å². The summed E-state index contributed by atoms with van der Waals surface area (Å²) in [6.45, 7) is 1.77. The number of halogens is 1. The first-order chi connectivity index (χ1) is 13.3. The van der Waals surface area contributed by atoms with Crippen LogP contribution in [0.4, 0.5) is 10.2 Å². The number of furan rings is 1. The maximum atomic E-state index is 13.1. The Morgan fingerprint density at radius 2 is 2.00 bits per heavy atom. The normalized spacial score (nSPS) is 18.3. The highest BCUT2D eigenvalue weighted by Crippen LogP contribution is 2.28. The third-order valence-electron chi connectivity index (χ3n) is 4.61. The molecule has 2 aromatic heterocycles. The molecule has 1 amide bonds. The second kappa shape index (κ2) is 6.90. The second-order valence-corrected chi connectivity index (χ2v) is 9.03. The van der Waals surface area contributed by atoms with Crippen molar-refractivity contribution in [2.75, 3.05) is 16.8 Å². The van der Waals surface area contributed by atoms with Gasteiger partial charge in [0.1, 0.15) is 17.4 Å². The highest BCUT2D eigenvalue weighted by Gasteiger charge is 2.31. The van der Waals surface area contributed by atoms with Crippen LogP contribution >= 0.6 is 0 Å². The minimum absolute atomic E-state index is 0.00641. The fourth-order valence-electron chi connectivity index (χ4n) is 3.26. The summed E-state index contributed by atoms with van der Waals surface area (Å²) in [5.41, 5.74) is 1.32. The molecule has 1 N–H and O–H groups in total. The quantitative estimate of drug-likeness (QED) is 0.722. The SMILES string of the molecule is Cc1cc(NC(=O)c2ccc(-c3ccc(F)cc3)o2)n(C2CCS(=O)(=O)C2)n1. The van der Waals surface area contributed by atoms with Crippen molar-refractivity contribution in [1.82, 2.24) is 9.78 Å². The number of carbonyl (C=O) groups excluding carboxylic acids is 1. The number of benzene rings is 1. The van der Waals surface area contributed by atoms with Gasteiger partial charge >= 0.3 is 0 Å². The van der Waals surface area contributed by atoms with Crippen molar-refractivity contribution in [3.05, 3.63) is 59.7 Å². The minimum atomic E-state index is -3.08. The van der Waals surface area contributed by atoms with Crippen LogP contribution in [0.1, 0.15) is 28.7 Å². The number of hydrogen-bond acceptors (Lipinski definition) is 5. The number of hydrogen-bond donors (Lipinski definition) is 1. The third-order valence-corrected chi connectivity index (χ3v) is 6.36. The largest absolute Gasteiger partial charge is 0.451 e. The molecule has 0 aliphatic carbocycles. The predicted octanol–water partition coefficient (Wildman–Crippen LogP) is 3.20. The zero-order valence-electron chi connectivity index (χ0n) is 15.1. The third kappa shape index (κ3) is 3.70. The molecule has 1 aliphatic rings. The standard InChI is InChI=1S/C19H18FN3O4S/c1-12-10-18(23(22-12)15-8-9-28(25,26)11-15)21-19(24)17-7-6-16(27-17)13-2-4-14(20)5-3-13/h2-7,10,15H,8-9,11H2,1H3,(H,21,24). The molecule has 3 heterocycles. The van der Waals surface area contributed by atoms with E-state index in [2.05, 4.69) is 10.4 Å². The van der Waals surface area contributed by atoms with Gasteiger partial charge in [-0.3, -0.25) is 4.79 Å². The van der Waals surface area contributed by atoms with Crippen LogP contribution < -0.4 is 5.32 Å². The van der Waals surface area contributed by atoms with Crippen LogP contribution in [0.3, 0.4) is 0 Å². The summed E-state index contributed by atoms with van der Waals surface area (Å²) in [6, 6.07) is 10.3. The van der Waals surface area contributed by atoms with E-state index in [0.29, 0.717) is 29.3 Å².